The molecule has 1 aliphatic heterocycles. The number of aromatic nitrogens is 2. The fourth-order valence-corrected chi connectivity index (χ4v) is 4.26. The van der Waals surface area contributed by atoms with Crippen LogP contribution in [0, 0.1) is 0 Å². The van der Waals surface area contributed by atoms with Crippen LogP contribution in [-0.2, 0) is 9.47 Å². The lowest BCUT2D eigenvalue weighted by Gasteiger charge is -2.28. The predicted octanol–water partition coefficient (Wildman–Crippen LogP) is 3.28. The van der Waals surface area contributed by atoms with Gasteiger partial charge in [0.2, 0.25) is 0 Å². The van der Waals surface area contributed by atoms with Crippen LogP contribution in [0.3, 0.4) is 0 Å². The average molecular weight is 437 g/mol. The second-order valence-corrected chi connectivity index (χ2v) is 7.54. The number of hydrogen-bond acceptors (Lipinski definition) is 5. The summed E-state index contributed by atoms with van der Waals surface area (Å²) in [7, 11) is 3.06. The average Bonchev–Trinajstić information content (AvgIpc) is 3.42. The topological polar surface area (TPSA) is 68.6 Å². The van der Waals surface area contributed by atoms with E-state index in [1.165, 1.54) is 7.11 Å². The van der Waals surface area contributed by atoms with E-state index in [0.29, 0.717) is 23.8 Å². The zero-order valence-electron chi connectivity index (χ0n) is 17.4. The number of esters is 1. The zero-order valence-corrected chi connectivity index (χ0v) is 18.2. The van der Waals surface area contributed by atoms with Crippen molar-refractivity contribution in [2.24, 2.45) is 0 Å². The van der Waals surface area contributed by atoms with Gasteiger partial charge in [-0.1, -0.05) is 12.1 Å². The molecule has 2 atom stereocenters. The molecule has 31 heavy (non-hydrogen) atoms. The molecule has 0 amide bonds. The molecule has 1 aromatic carbocycles. The largest absolute Gasteiger partial charge is 0.465 e. The maximum absolute atomic E-state index is 12.0. The van der Waals surface area contributed by atoms with Crippen LogP contribution in [0.2, 0.25) is 0 Å². The Bertz CT molecular complexity index is 1070. The van der Waals surface area contributed by atoms with Gasteiger partial charge in [-0.25, -0.2) is 4.79 Å². The molecule has 0 radical (unpaired) electrons. The summed E-state index contributed by atoms with van der Waals surface area (Å²) >= 11 is 5.67. The Hall–Kier alpha value is -3.23. The summed E-state index contributed by atoms with van der Waals surface area (Å²) in [6.45, 7) is 1.19. The first-order chi connectivity index (χ1) is 15.1. The van der Waals surface area contributed by atoms with Gasteiger partial charge in [0.1, 0.15) is 0 Å². The maximum atomic E-state index is 12.0. The molecule has 8 heteroatoms. The number of nitrogens with zero attached hydrogens (tertiary/aromatic N) is 3. The summed E-state index contributed by atoms with van der Waals surface area (Å²) in [6, 6.07) is 17.1. The fourth-order valence-electron chi connectivity index (χ4n) is 3.93. The molecule has 7 nitrogen and oxygen atoms in total. The molecule has 3 heterocycles. The number of hydrogen-bond donors (Lipinski definition) is 1. The first kappa shape index (κ1) is 21.0. The van der Waals surface area contributed by atoms with Crippen molar-refractivity contribution >= 4 is 23.3 Å². The fraction of sp³-hybridized carbons (Fsp3) is 0.261. The summed E-state index contributed by atoms with van der Waals surface area (Å²) in [6.07, 6.45) is 3.77. The Kier molecular flexibility index (Phi) is 6.29. The number of nitrogens with one attached hydrogen (secondary N) is 1. The molecule has 0 bridgehead atoms. The van der Waals surface area contributed by atoms with E-state index < -0.39 is 0 Å². The lowest BCUT2D eigenvalue weighted by molar-refractivity contribution is 0.0600. The monoisotopic (exact) mass is 436 g/mol. The minimum absolute atomic E-state index is 0.102. The summed E-state index contributed by atoms with van der Waals surface area (Å²) < 4.78 is 12.3. The van der Waals surface area contributed by atoms with Gasteiger partial charge in [-0.2, -0.15) is 0 Å². The summed E-state index contributed by atoms with van der Waals surface area (Å²) in [5, 5.41) is 4.10. The minimum atomic E-state index is -0.368. The van der Waals surface area contributed by atoms with Crippen molar-refractivity contribution in [1.29, 1.82) is 0 Å². The standard InChI is InChI=1S/C23H24N4O3S/c1-29-14-13-27-21(20(25-23(27)31)18-9-3-4-11-24-18)19-10-6-12-26(19)17-8-5-7-16(15-17)22(28)30-2/h3-12,15,20-21H,13-14H2,1-2H3,(H,25,31)/t20-,21-/m1/s1. The van der Waals surface area contributed by atoms with Gasteiger partial charge in [0, 0.05) is 37.4 Å². The molecule has 3 aromatic rings. The highest BCUT2D eigenvalue weighted by Gasteiger charge is 2.41. The van der Waals surface area contributed by atoms with Crippen LogP contribution >= 0.6 is 12.2 Å². The van der Waals surface area contributed by atoms with E-state index in [-0.39, 0.29) is 18.1 Å². The molecular weight excluding hydrogens is 412 g/mol. The molecule has 160 valence electrons. The van der Waals surface area contributed by atoms with Crippen LogP contribution in [0.5, 0.6) is 0 Å². The van der Waals surface area contributed by atoms with Gasteiger partial charge in [0.05, 0.1) is 37.1 Å². The normalized spacial score (nSPS) is 18.1. The first-order valence-electron chi connectivity index (χ1n) is 9.97. The predicted molar refractivity (Wildman–Crippen MR) is 121 cm³/mol. The number of carbonyl (C=O) groups excluding carboxylic acids is 1. The van der Waals surface area contributed by atoms with Gasteiger partial charge in [-0.15, -0.1) is 0 Å². The highest BCUT2D eigenvalue weighted by Crippen LogP contribution is 2.39. The van der Waals surface area contributed by atoms with E-state index in [0.717, 1.165) is 17.1 Å². The van der Waals surface area contributed by atoms with E-state index in [1.807, 2.05) is 48.7 Å². The highest BCUT2D eigenvalue weighted by molar-refractivity contribution is 7.80. The third-order valence-electron chi connectivity index (χ3n) is 5.36. The molecule has 0 unspecified atom stereocenters. The van der Waals surface area contributed by atoms with Gasteiger partial charge in [0.15, 0.2) is 5.11 Å². The Morgan fingerprint density at radius 1 is 1.16 bits per heavy atom. The third-order valence-corrected chi connectivity index (χ3v) is 5.72. The van der Waals surface area contributed by atoms with Crippen molar-refractivity contribution in [3.8, 4) is 5.69 Å². The molecule has 2 aromatic heterocycles. The molecule has 1 fully saturated rings. The Morgan fingerprint density at radius 2 is 2.03 bits per heavy atom. The highest BCUT2D eigenvalue weighted by atomic mass is 32.1. The van der Waals surface area contributed by atoms with Gasteiger partial charge >= 0.3 is 5.97 Å². The molecule has 1 N–H and O–H groups in total. The Balaban J connectivity index is 1.78. The smallest absolute Gasteiger partial charge is 0.337 e. The van der Waals surface area contributed by atoms with E-state index in [4.69, 9.17) is 21.7 Å². The van der Waals surface area contributed by atoms with Crippen LogP contribution in [0.4, 0.5) is 0 Å². The molecule has 1 aliphatic rings. The van der Waals surface area contributed by atoms with Crippen molar-refractivity contribution < 1.29 is 14.3 Å². The van der Waals surface area contributed by atoms with Gasteiger partial charge in [0.25, 0.3) is 0 Å². The van der Waals surface area contributed by atoms with Crippen molar-refractivity contribution in [2.45, 2.75) is 12.1 Å². The van der Waals surface area contributed by atoms with Crippen molar-refractivity contribution in [2.75, 3.05) is 27.4 Å². The quantitative estimate of drug-likeness (QED) is 0.450. The van der Waals surface area contributed by atoms with E-state index in [9.17, 15) is 4.79 Å². The van der Waals surface area contributed by atoms with Crippen molar-refractivity contribution in [3.05, 3.63) is 83.9 Å². The number of benzene rings is 1. The maximum Gasteiger partial charge on any atom is 0.337 e. The van der Waals surface area contributed by atoms with Crippen LogP contribution in [0.25, 0.3) is 5.69 Å². The van der Waals surface area contributed by atoms with Crippen LogP contribution < -0.4 is 5.32 Å². The van der Waals surface area contributed by atoms with Gasteiger partial charge in [-0.3, -0.25) is 4.98 Å². The summed E-state index contributed by atoms with van der Waals surface area (Å²) in [5.74, 6) is -0.368. The number of methoxy groups -OCH3 is 2. The van der Waals surface area contributed by atoms with Gasteiger partial charge in [-0.05, 0) is 54.7 Å². The third kappa shape index (κ3) is 4.17. The Labute approximate surface area is 186 Å². The molecular formula is C23H24N4O3S. The Morgan fingerprint density at radius 3 is 2.77 bits per heavy atom. The first-order valence-corrected chi connectivity index (χ1v) is 10.4. The molecule has 4 rings (SSSR count). The number of pyridine rings is 1. The SMILES string of the molecule is COCCN1C(=S)N[C@H](c2ccccn2)[C@H]1c1cccn1-c1cccc(C(=O)OC)c1. The van der Waals surface area contributed by atoms with Crippen LogP contribution in [0.15, 0.2) is 67.0 Å². The second-order valence-electron chi connectivity index (χ2n) is 7.16. The van der Waals surface area contributed by atoms with Crippen molar-refractivity contribution in [3.63, 3.8) is 0 Å². The van der Waals surface area contributed by atoms with Crippen LogP contribution in [0.1, 0.15) is 33.8 Å². The zero-order chi connectivity index (χ0) is 21.8. The summed E-state index contributed by atoms with van der Waals surface area (Å²) in [4.78, 5) is 18.7. The lowest BCUT2D eigenvalue weighted by atomic mass is 10.0. The number of rotatable bonds is 7. The lowest BCUT2D eigenvalue weighted by Crippen LogP contribution is -2.33. The number of thiocarbonyl (C=S) groups is 1. The minimum Gasteiger partial charge on any atom is -0.465 e. The van der Waals surface area contributed by atoms with Crippen molar-refractivity contribution in [1.82, 2.24) is 19.8 Å². The van der Waals surface area contributed by atoms with Crippen LogP contribution in [-0.4, -0.2) is 52.9 Å². The second kappa shape index (κ2) is 9.28. The molecule has 0 spiro atoms. The van der Waals surface area contributed by atoms with E-state index in [1.54, 1.807) is 19.4 Å². The molecule has 1 saturated heterocycles. The molecule has 0 saturated carbocycles. The molecule has 0 aliphatic carbocycles. The number of carbonyl (C=O) groups is 1. The number of ether oxygens (including phenoxy) is 2. The summed E-state index contributed by atoms with van der Waals surface area (Å²) in [5.41, 5.74) is 3.30. The van der Waals surface area contributed by atoms with E-state index >= 15 is 0 Å². The van der Waals surface area contributed by atoms with Gasteiger partial charge < -0.3 is 24.3 Å². The van der Waals surface area contributed by atoms with E-state index in [2.05, 4.69) is 25.8 Å².